The number of Topliss-reactive ketones (excluding diaryl/α,β-unsaturated/α-hetero) is 1. The summed E-state index contributed by atoms with van der Waals surface area (Å²) in [6.45, 7) is 2.56. The number of sulfonamides is 1. The number of esters is 1. The zero-order valence-electron chi connectivity index (χ0n) is 16.9. The van der Waals surface area contributed by atoms with Crippen LogP contribution in [0.15, 0.2) is 45.5 Å². The molecule has 0 atom stereocenters. The molecule has 0 unspecified atom stereocenters. The highest BCUT2D eigenvalue weighted by Gasteiger charge is 2.29. The average molecular weight is 436 g/mol. The molecule has 3 N–H and O–H groups in total. The lowest BCUT2D eigenvalue weighted by Gasteiger charge is -2.08. The number of fused-ring (bicyclic) bond motifs is 1. The summed E-state index contributed by atoms with van der Waals surface area (Å²) in [6, 6.07) is 6.63. The molecule has 0 spiro atoms. The van der Waals surface area contributed by atoms with Gasteiger partial charge in [-0.1, -0.05) is 18.6 Å². The molecule has 0 amide bonds. The highest BCUT2D eigenvalue weighted by molar-refractivity contribution is 7.90. The van der Waals surface area contributed by atoms with Gasteiger partial charge in [-0.25, -0.2) is 8.42 Å². The van der Waals surface area contributed by atoms with Crippen molar-refractivity contribution in [3.8, 4) is 0 Å². The molecule has 0 bridgehead atoms. The number of aliphatic imine (C=N–C) groups is 1. The van der Waals surface area contributed by atoms with Crippen LogP contribution in [0.25, 0.3) is 0 Å². The number of hydrogen-bond acceptors (Lipinski definition) is 8. The lowest BCUT2D eigenvalue weighted by Crippen LogP contribution is -2.22. The number of ketones is 1. The van der Waals surface area contributed by atoms with Gasteiger partial charge < -0.3 is 15.3 Å². The molecule has 162 valence electrons. The third-order valence-corrected chi connectivity index (χ3v) is 5.75. The molecule has 0 aliphatic carbocycles. The van der Waals surface area contributed by atoms with Gasteiger partial charge in [0.2, 0.25) is 0 Å². The topological polar surface area (TPSA) is 146 Å². The molecule has 0 radical (unpaired) electrons. The standard InChI is InChI=1S/C20H25N3O6S/c1-13(21)19(14(2)24)16(25)12-29-18(26)10-4-3-7-11-22-20-15-8-5-6-9-17(15)30(27,28)23-20/h5-6,8-9,21,25H,3-4,7,10-12H2,1-2H3,(H,22,23)/b19-16-,21-13?. The Morgan fingerprint density at radius 2 is 1.87 bits per heavy atom. The van der Waals surface area contributed by atoms with Crippen molar-refractivity contribution in [2.75, 3.05) is 13.2 Å². The monoisotopic (exact) mass is 435 g/mol. The number of aliphatic hydroxyl groups excluding tert-OH is 1. The van der Waals surface area contributed by atoms with Gasteiger partial charge in [-0.05, 0) is 38.8 Å². The number of amidine groups is 1. The predicted molar refractivity (Wildman–Crippen MR) is 111 cm³/mol. The Balaban J connectivity index is 1.73. The molecular weight excluding hydrogens is 410 g/mol. The van der Waals surface area contributed by atoms with Crippen molar-refractivity contribution in [2.24, 2.45) is 4.99 Å². The Morgan fingerprint density at radius 3 is 2.53 bits per heavy atom. The highest BCUT2D eigenvalue weighted by Crippen LogP contribution is 2.22. The van der Waals surface area contributed by atoms with E-state index in [0.29, 0.717) is 37.2 Å². The average Bonchev–Trinajstić information content (AvgIpc) is 2.93. The summed E-state index contributed by atoms with van der Waals surface area (Å²) in [7, 11) is -3.54. The van der Waals surface area contributed by atoms with Crippen LogP contribution in [-0.2, 0) is 24.3 Å². The Bertz CT molecular complexity index is 995. The molecule has 0 aromatic heterocycles. The molecule has 0 saturated heterocycles. The molecular formula is C20H25N3O6S. The van der Waals surface area contributed by atoms with Crippen molar-refractivity contribution in [2.45, 2.75) is 44.4 Å². The Labute approximate surface area is 175 Å². The Morgan fingerprint density at radius 1 is 1.17 bits per heavy atom. The van der Waals surface area contributed by atoms with Crippen LogP contribution in [0.2, 0.25) is 0 Å². The van der Waals surface area contributed by atoms with Crippen LogP contribution >= 0.6 is 0 Å². The van der Waals surface area contributed by atoms with Crippen molar-refractivity contribution in [1.29, 1.82) is 5.41 Å². The van der Waals surface area contributed by atoms with Crippen LogP contribution in [0.5, 0.6) is 0 Å². The van der Waals surface area contributed by atoms with Crippen LogP contribution in [0, 0.1) is 5.41 Å². The van der Waals surface area contributed by atoms with Gasteiger partial charge in [-0.2, -0.15) is 0 Å². The normalized spacial score (nSPS) is 16.4. The highest BCUT2D eigenvalue weighted by atomic mass is 32.2. The number of benzene rings is 1. The zero-order valence-corrected chi connectivity index (χ0v) is 17.7. The van der Waals surface area contributed by atoms with Gasteiger partial charge in [0.05, 0.1) is 10.5 Å². The fraction of sp³-hybridized carbons (Fsp3) is 0.400. The second-order valence-corrected chi connectivity index (χ2v) is 8.46. The number of unbranched alkanes of at least 4 members (excludes halogenated alkanes) is 2. The summed E-state index contributed by atoms with van der Waals surface area (Å²) in [5.74, 6) is -1.09. The first-order valence-electron chi connectivity index (χ1n) is 9.44. The molecule has 1 aromatic carbocycles. The van der Waals surface area contributed by atoms with E-state index in [2.05, 4.69) is 9.71 Å². The molecule has 9 nitrogen and oxygen atoms in total. The third-order valence-electron chi connectivity index (χ3n) is 4.36. The second-order valence-electron chi connectivity index (χ2n) is 6.81. The minimum atomic E-state index is -3.54. The third kappa shape index (κ3) is 5.99. The van der Waals surface area contributed by atoms with Crippen LogP contribution < -0.4 is 4.72 Å². The van der Waals surface area contributed by atoms with E-state index in [-0.39, 0.29) is 22.6 Å². The van der Waals surface area contributed by atoms with Gasteiger partial charge in [0, 0.05) is 24.2 Å². The molecule has 1 heterocycles. The smallest absolute Gasteiger partial charge is 0.306 e. The van der Waals surface area contributed by atoms with Crippen molar-refractivity contribution < 1.29 is 27.9 Å². The summed E-state index contributed by atoms with van der Waals surface area (Å²) in [5, 5.41) is 17.3. The van der Waals surface area contributed by atoms with E-state index in [1.807, 2.05) is 0 Å². The number of carbonyl (C=O) groups excluding carboxylic acids is 2. The van der Waals surface area contributed by atoms with E-state index < -0.39 is 34.1 Å². The predicted octanol–water partition coefficient (Wildman–Crippen LogP) is 2.27. The van der Waals surface area contributed by atoms with Gasteiger partial charge in [0.1, 0.15) is 18.2 Å². The number of nitrogens with one attached hydrogen (secondary N) is 2. The quantitative estimate of drug-likeness (QED) is 0.169. The van der Waals surface area contributed by atoms with Crippen molar-refractivity contribution in [3.05, 3.63) is 41.2 Å². The fourth-order valence-corrected chi connectivity index (χ4v) is 4.23. The summed E-state index contributed by atoms with van der Waals surface area (Å²) in [6.07, 6.45) is 2.02. The minimum absolute atomic E-state index is 0.0927. The summed E-state index contributed by atoms with van der Waals surface area (Å²) in [4.78, 5) is 27.7. The molecule has 1 aliphatic heterocycles. The van der Waals surface area contributed by atoms with E-state index >= 15 is 0 Å². The number of carbonyl (C=O) groups is 2. The van der Waals surface area contributed by atoms with E-state index in [0.717, 1.165) is 0 Å². The first-order chi connectivity index (χ1) is 14.1. The number of ether oxygens (including phenoxy) is 1. The van der Waals surface area contributed by atoms with Gasteiger partial charge in [-0.3, -0.25) is 19.3 Å². The Kier molecular flexibility index (Phi) is 7.87. The first kappa shape index (κ1) is 23.3. The minimum Gasteiger partial charge on any atom is -0.508 e. The second kappa shape index (κ2) is 10.1. The summed E-state index contributed by atoms with van der Waals surface area (Å²) in [5.41, 5.74) is 0.315. The lowest BCUT2D eigenvalue weighted by molar-refractivity contribution is -0.143. The van der Waals surface area contributed by atoms with Gasteiger partial charge >= 0.3 is 5.97 Å². The maximum absolute atomic E-state index is 12.0. The van der Waals surface area contributed by atoms with Crippen LogP contribution in [0.1, 0.15) is 45.1 Å². The van der Waals surface area contributed by atoms with E-state index in [9.17, 15) is 23.1 Å². The molecule has 1 aromatic rings. The SMILES string of the molecule is CC(=N)/C(C(C)=O)=C(/O)COC(=O)CCCCCN=C1NS(=O)(=O)c2ccccc21. The molecule has 0 saturated carbocycles. The number of aliphatic hydroxyl groups is 1. The van der Waals surface area contributed by atoms with E-state index in [1.165, 1.54) is 19.9 Å². The number of nitrogens with zero attached hydrogens (tertiary/aromatic N) is 1. The zero-order chi connectivity index (χ0) is 22.3. The number of allylic oxidation sites excluding steroid dienone is 1. The Hall–Kier alpha value is -3.01. The van der Waals surface area contributed by atoms with Crippen LogP contribution in [0.4, 0.5) is 0 Å². The molecule has 10 heteroatoms. The number of rotatable bonds is 10. The van der Waals surface area contributed by atoms with Crippen LogP contribution in [0.3, 0.4) is 0 Å². The van der Waals surface area contributed by atoms with Crippen molar-refractivity contribution in [3.63, 3.8) is 0 Å². The maximum atomic E-state index is 12.0. The van der Waals surface area contributed by atoms with E-state index in [1.54, 1.807) is 18.2 Å². The van der Waals surface area contributed by atoms with E-state index in [4.69, 9.17) is 10.1 Å². The maximum Gasteiger partial charge on any atom is 0.306 e. The first-order valence-corrected chi connectivity index (χ1v) is 10.9. The van der Waals surface area contributed by atoms with Gasteiger partial charge in [0.25, 0.3) is 10.0 Å². The fourth-order valence-electron chi connectivity index (χ4n) is 2.98. The molecule has 30 heavy (non-hydrogen) atoms. The van der Waals surface area contributed by atoms with Gasteiger partial charge in [-0.15, -0.1) is 0 Å². The van der Waals surface area contributed by atoms with Crippen LogP contribution in [-0.4, -0.2) is 50.0 Å². The summed E-state index contributed by atoms with van der Waals surface area (Å²) >= 11 is 0. The largest absolute Gasteiger partial charge is 0.508 e. The van der Waals surface area contributed by atoms with Crippen molar-refractivity contribution in [1.82, 2.24) is 4.72 Å². The van der Waals surface area contributed by atoms with Crippen molar-refractivity contribution >= 4 is 33.3 Å². The number of hydrogen-bond donors (Lipinski definition) is 3. The lowest BCUT2D eigenvalue weighted by atomic mass is 10.1. The molecule has 2 rings (SSSR count). The molecule has 0 fully saturated rings. The summed E-state index contributed by atoms with van der Waals surface area (Å²) < 4.78 is 31.4. The van der Waals surface area contributed by atoms with Gasteiger partial charge in [0.15, 0.2) is 5.78 Å². The molecule has 1 aliphatic rings.